The molecule has 0 fully saturated rings. The van der Waals surface area contributed by atoms with Crippen LogP contribution in [-0.2, 0) is 10.0 Å². The van der Waals surface area contributed by atoms with Crippen molar-refractivity contribution in [2.75, 3.05) is 18.9 Å². The van der Waals surface area contributed by atoms with Crippen molar-refractivity contribution in [1.29, 1.82) is 0 Å². The molecule has 2 aromatic rings. The van der Waals surface area contributed by atoms with Crippen LogP contribution in [0.2, 0.25) is 0 Å². The van der Waals surface area contributed by atoms with Crippen LogP contribution in [0.1, 0.15) is 6.92 Å². The molecule has 0 aliphatic heterocycles. The maximum atomic E-state index is 12.3. The number of rotatable bonds is 5. The van der Waals surface area contributed by atoms with Crippen molar-refractivity contribution in [3.05, 3.63) is 30.5 Å². The van der Waals surface area contributed by atoms with Gasteiger partial charge in [0.25, 0.3) is 0 Å². The smallest absolute Gasteiger partial charge is 0.242 e. The molecule has 5 N–H and O–H groups in total. The Morgan fingerprint density at radius 3 is 2.76 bits per heavy atom. The minimum atomic E-state index is -3.89. The van der Waals surface area contributed by atoms with Gasteiger partial charge in [-0.15, -0.1) is 0 Å². The van der Waals surface area contributed by atoms with Crippen LogP contribution in [0, 0.1) is 0 Å². The van der Waals surface area contributed by atoms with Crippen molar-refractivity contribution >= 4 is 26.6 Å². The van der Waals surface area contributed by atoms with E-state index in [1.54, 1.807) is 12.1 Å². The average molecular weight is 311 g/mol. The lowest BCUT2D eigenvalue weighted by atomic mass is 10.1. The lowest BCUT2D eigenvalue weighted by molar-refractivity contribution is 0.00681. The van der Waals surface area contributed by atoms with Crippen molar-refractivity contribution in [3.8, 4) is 0 Å². The first-order chi connectivity index (χ1) is 9.77. The fourth-order valence-corrected chi connectivity index (χ4v) is 3.09. The highest BCUT2D eigenvalue weighted by Crippen LogP contribution is 2.25. The second kappa shape index (κ2) is 5.57. The third kappa shape index (κ3) is 3.30. The van der Waals surface area contributed by atoms with Crippen LogP contribution in [0.3, 0.4) is 0 Å². The second-order valence-corrected chi connectivity index (χ2v) is 6.77. The van der Waals surface area contributed by atoms with Gasteiger partial charge in [-0.1, -0.05) is 0 Å². The number of nitrogen functional groups attached to an aromatic ring is 1. The van der Waals surface area contributed by atoms with Gasteiger partial charge in [-0.05, 0) is 31.2 Å². The maximum absolute atomic E-state index is 12.3. The number of fused-ring (bicyclic) bond motifs is 1. The van der Waals surface area contributed by atoms with Crippen LogP contribution in [0.4, 0.5) is 5.69 Å². The molecule has 8 heteroatoms. The summed E-state index contributed by atoms with van der Waals surface area (Å²) in [6.07, 6.45) is 1.48. The van der Waals surface area contributed by atoms with E-state index in [2.05, 4.69) is 9.71 Å². The highest BCUT2D eigenvalue weighted by atomic mass is 32.2. The molecule has 0 aliphatic carbocycles. The zero-order valence-electron chi connectivity index (χ0n) is 11.4. The van der Waals surface area contributed by atoms with Gasteiger partial charge >= 0.3 is 0 Å². The van der Waals surface area contributed by atoms with Crippen LogP contribution in [-0.4, -0.2) is 42.4 Å². The normalized spacial score (nSPS) is 15.0. The first kappa shape index (κ1) is 15.6. The summed E-state index contributed by atoms with van der Waals surface area (Å²) in [5.41, 5.74) is 4.96. The number of aliphatic hydroxyl groups is 2. The molecule has 7 nitrogen and oxygen atoms in total. The molecular formula is C13H17N3O4S. The number of nitrogens with zero attached hydrogens (tertiary/aromatic N) is 1. The summed E-state index contributed by atoms with van der Waals surface area (Å²) in [4.78, 5) is 4.03. The maximum Gasteiger partial charge on any atom is 0.242 e. The summed E-state index contributed by atoms with van der Waals surface area (Å²) >= 11 is 0. The van der Waals surface area contributed by atoms with Crippen molar-refractivity contribution in [3.63, 3.8) is 0 Å². The van der Waals surface area contributed by atoms with Gasteiger partial charge in [-0.3, -0.25) is 4.98 Å². The largest absolute Gasteiger partial charge is 0.398 e. The average Bonchev–Trinajstić information content (AvgIpc) is 2.46. The molecule has 1 heterocycles. The predicted molar refractivity (Wildman–Crippen MR) is 79.1 cm³/mol. The lowest BCUT2D eigenvalue weighted by Gasteiger charge is -2.20. The second-order valence-electron chi connectivity index (χ2n) is 5.03. The Morgan fingerprint density at radius 2 is 2.10 bits per heavy atom. The minimum absolute atomic E-state index is 0.0268. The highest BCUT2D eigenvalue weighted by molar-refractivity contribution is 7.89. The molecule has 0 saturated heterocycles. The van der Waals surface area contributed by atoms with Crippen LogP contribution >= 0.6 is 0 Å². The van der Waals surface area contributed by atoms with E-state index < -0.39 is 22.2 Å². The number of hydrogen-bond acceptors (Lipinski definition) is 6. The number of nitrogens with two attached hydrogens (primary N) is 1. The molecule has 0 spiro atoms. The van der Waals surface area contributed by atoms with Crippen LogP contribution in [0.5, 0.6) is 0 Å². The zero-order chi connectivity index (χ0) is 15.7. The van der Waals surface area contributed by atoms with Gasteiger partial charge in [0.15, 0.2) is 0 Å². The number of hydrogen-bond donors (Lipinski definition) is 4. The molecule has 0 amide bonds. The Kier molecular flexibility index (Phi) is 4.15. The van der Waals surface area contributed by atoms with E-state index in [1.807, 2.05) is 0 Å². The summed E-state index contributed by atoms with van der Waals surface area (Å²) in [5, 5.41) is 19.2. The first-order valence-electron chi connectivity index (χ1n) is 6.23. The van der Waals surface area contributed by atoms with Gasteiger partial charge < -0.3 is 15.9 Å². The summed E-state index contributed by atoms with van der Waals surface area (Å²) < 4.78 is 26.9. The Bertz CT molecular complexity index is 759. The summed E-state index contributed by atoms with van der Waals surface area (Å²) in [5.74, 6) is 0. The Morgan fingerprint density at radius 1 is 1.38 bits per heavy atom. The van der Waals surface area contributed by atoms with Crippen molar-refractivity contribution < 1.29 is 18.6 Å². The third-order valence-electron chi connectivity index (χ3n) is 3.04. The van der Waals surface area contributed by atoms with E-state index in [4.69, 9.17) is 10.8 Å². The predicted octanol–water partition coefficient (Wildman–Crippen LogP) is -0.161. The van der Waals surface area contributed by atoms with Crippen LogP contribution < -0.4 is 10.5 Å². The number of benzene rings is 1. The molecule has 1 unspecified atom stereocenters. The molecular weight excluding hydrogens is 294 g/mol. The number of aliphatic hydroxyl groups excluding tert-OH is 1. The van der Waals surface area contributed by atoms with E-state index in [0.29, 0.717) is 11.1 Å². The monoisotopic (exact) mass is 311 g/mol. The molecule has 1 atom stereocenters. The molecule has 21 heavy (non-hydrogen) atoms. The van der Waals surface area contributed by atoms with Gasteiger partial charge in [-0.25, -0.2) is 13.1 Å². The Labute approximate surface area is 122 Å². The number of sulfonamides is 1. The minimum Gasteiger partial charge on any atom is -0.398 e. The zero-order valence-corrected chi connectivity index (χ0v) is 12.3. The number of anilines is 1. The fraction of sp³-hybridized carbons (Fsp3) is 0.308. The molecule has 1 aromatic heterocycles. The summed E-state index contributed by atoms with van der Waals surface area (Å²) in [6.45, 7) is 0.454. The number of nitrogens with one attached hydrogen (secondary N) is 1. The Hall–Kier alpha value is -1.74. The van der Waals surface area contributed by atoms with Crippen molar-refractivity contribution in [2.45, 2.75) is 17.4 Å². The summed E-state index contributed by atoms with van der Waals surface area (Å²) in [6, 6.07) is 6.20. The van der Waals surface area contributed by atoms with Crippen LogP contribution in [0.25, 0.3) is 10.9 Å². The van der Waals surface area contributed by atoms with Crippen molar-refractivity contribution in [2.24, 2.45) is 0 Å². The van der Waals surface area contributed by atoms with Gasteiger partial charge in [0.05, 0.1) is 17.7 Å². The Balaban J connectivity index is 2.44. The van der Waals surface area contributed by atoms with Crippen LogP contribution in [0.15, 0.2) is 35.4 Å². The van der Waals surface area contributed by atoms with Gasteiger partial charge in [0.2, 0.25) is 10.0 Å². The molecule has 1 aromatic carbocycles. The molecule has 2 rings (SSSR count). The standard InChI is InChI=1S/C13H17N3O4S/c1-13(18,8-17)7-16-21(19,20)11-5-4-10(14)9-3-2-6-15-12(9)11/h2-6,16-18H,7-8,14H2,1H3. The SMILES string of the molecule is CC(O)(CO)CNS(=O)(=O)c1ccc(N)c2cccnc12. The van der Waals surface area contributed by atoms with Gasteiger partial charge in [0, 0.05) is 23.8 Å². The van der Waals surface area contributed by atoms with E-state index in [0.717, 1.165) is 0 Å². The lowest BCUT2D eigenvalue weighted by Crippen LogP contribution is -2.43. The first-order valence-corrected chi connectivity index (χ1v) is 7.71. The van der Waals surface area contributed by atoms with E-state index in [-0.39, 0.29) is 17.0 Å². The van der Waals surface area contributed by atoms with Gasteiger partial charge in [0.1, 0.15) is 4.90 Å². The third-order valence-corrected chi connectivity index (χ3v) is 4.47. The molecule has 114 valence electrons. The number of pyridine rings is 1. The van der Waals surface area contributed by atoms with E-state index in [9.17, 15) is 13.5 Å². The summed E-state index contributed by atoms with van der Waals surface area (Å²) in [7, 11) is -3.89. The molecule has 0 saturated carbocycles. The molecule has 0 aliphatic rings. The van der Waals surface area contributed by atoms with Gasteiger partial charge in [-0.2, -0.15) is 0 Å². The number of aromatic nitrogens is 1. The topological polar surface area (TPSA) is 126 Å². The quantitative estimate of drug-likeness (QED) is 0.568. The molecule has 0 bridgehead atoms. The van der Waals surface area contributed by atoms with E-state index >= 15 is 0 Å². The fourth-order valence-electron chi connectivity index (χ4n) is 1.77. The van der Waals surface area contributed by atoms with Crippen molar-refractivity contribution in [1.82, 2.24) is 9.71 Å². The highest BCUT2D eigenvalue weighted by Gasteiger charge is 2.25. The van der Waals surface area contributed by atoms with E-state index in [1.165, 1.54) is 25.3 Å². The molecule has 0 radical (unpaired) electrons.